The van der Waals surface area contributed by atoms with Crippen molar-refractivity contribution in [3.05, 3.63) is 71.6 Å². The number of benzene rings is 2. The highest BCUT2D eigenvalue weighted by molar-refractivity contribution is 7.55. The molecule has 1 atom stereocenters. The van der Waals surface area contributed by atoms with Crippen molar-refractivity contribution < 1.29 is 0 Å². The first-order chi connectivity index (χ1) is 13.5. The molecule has 0 amide bonds. The Morgan fingerprint density at radius 2 is 1.18 bits per heavy atom. The molecule has 1 heteroatoms. The molecule has 0 saturated carbocycles. The van der Waals surface area contributed by atoms with Crippen molar-refractivity contribution in [3.8, 4) is 0 Å². The van der Waals surface area contributed by atoms with Gasteiger partial charge in [-0.2, -0.15) is 0 Å². The summed E-state index contributed by atoms with van der Waals surface area (Å²) in [5, 5.41) is 6.70. The standard InChI is InChI=1S/C23H23P.2C2H6/c1-8-16-14(5)19-12-13-21-23(22(19)15(6)17(16)9-2)18(10-3)20(11-4)24(21)7;2*1-2/h8-13H,1-4H2,5-7H3;2*1-2H3. The second-order valence-corrected chi connectivity index (χ2v) is 8.22. The van der Waals surface area contributed by atoms with Gasteiger partial charge in [0.25, 0.3) is 0 Å². The average molecular weight is 391 g/mol. The van der Waals surface area contributed by atoms with Gasteiger partial charge in [-0.05, 0) is 65.2 Å². The van der Waals surface area contributed by atoms with Gasteiger partial charge in [0.05, 0.1) is 0 Å². The van der Waals surface area contributed by atoms with Crippen molar-refractivity contribution in [2.75, 3.05) is 0 Å². The lowest BCUT2D eigenvalue weighted by Crippen LogP contribution is -1.95. The number of aryl methyl sites for hydroxylation is 3. The molecule has 0 aliphatic heterocycles. The van der Waals surface area contributed by atoms with Crippen LogP contribution in [0, 0.1) is 13.8 Å². The summed E-state index contributed by atoms with van der Waals surface area (Å²) >= 11 is 0. The normalized spacial score (nSPS) is 10.5. The Morgan fingerprint density at radius 1 is 0.679 bits per heavy atom. The molecule has 1 aromatic heterocycles. The minimum absolute atomic E-state index is 0.366. The van der Waals surface area contributed by atoms with E-state index < -0.39 is 0 Å². The Bertz CT molecular complexity index is 1040. The van der Waals surface area contributed by atoms with Gasteiger partial charge in [-0.1, -0.05) is 84.4 Å². The Kier molecular flexibility index (Phi) is 8.73. The molecule has 0 radical (unpaired) electrons. The minimum Gasteiger partial charge on any atom is -0.112 e. The molecule has 0 aliphatic carbocycles. The maximum absolute atomic E-state index is 4.08. The van der Waals surface area contributed by atoms with Gasteiger partial charge >= 0.3 is 0 Å². The predicted octanol–water partition coefficient (Wildman–Crippen LogP) is 9.76. The van der Waals surface area contributed by atoms with E-state index in [1.54, 1.807) is 0 Å². The van der Waals surface area contributed by atoms with E-state index in [0.29, 0.717) is 0 Å². The van der Waals surface area contributed by atoms with Crippen molar-refractivity contribution in [2.24, 2.45) is 6.66 Å². The second-order valence-electron chi connectivity index (χ2n) is 6.13. The molecular weight excluding hydrogens is 355 g/mol. The van der Waals surface area contributed by atoms with Crippen LogP contribution in [0.4, 0.5) is 0 Å². The lowest BCUT2D eigenvalue weighted by Gasteiger charge is -2.16. The van der Waals surface area contributed by atoms with Crippen LogP contribution in [0.2, 0.25) is 0 Å². The third-order valence-electron chi connectivity index (χ3n) is 5.13. The van der Waals surface area contributed by atoms with Crippen LogP contribution in [-0.2, 0) is 6.66 Å². The molecular formula is C27H35P. The fourth-order valence-corrected chi connectivity index (χ4v) is 5.91. The summed E-state index contributed by atoms with van der Waals surface area (Å²) in [7, 11) is -0.366. The topological polar surface area (TPSA) is 0 Å². The highest BCUT2D eigenvalue weighted by Crippen LogP contribution is 2.50. The lowest BCUT2D eigenvalue weighted by atomic mass is 9.88. The van der Waals surface area contributed by atoms with Gasteiger partial charge in [0.2, 0.25) is 0 Å². The van der Waals surface area contributed by atoms with Crippen LogP contribution in [-0.4, -0.2) is 0 Å². The monoisotopic (exact) mass is 390 g/mol. The van der Waals surface area contributed by atoms with E-state index in [4.69, 9.17) is 0 Å². The van der Waals surface area contributed by atoms with E-state index in [1.165, 1.54) is 54.4 Å². The van der Waals surface area contributed by atoms with Crippen LogP contribution in [0.5, 0.6) is 0 Å². The van der Waals surface area contributed by atoms with Crippen LogP contribution in [0.1, 0.15) is 60.8 Å². The number of rotatable bonds is 4. The predicted molar refractivity (Wildman–Crippen MR) is 138 cm³/mol. The molecule has 0 N–H and O–H groups in total. The van der Waals surface area contributed by atoms with Crippen LogP contribution >= 0.6 is 7.53 Å². The SMILES string of the molecule is C=Cc1c(C=C)c(C)c2c(ccc3c2c(C=C)c(C=C)p3C)c1C.CC.CC. The molecule has 0 saturated heterocycles. The molecule has 0 fully saturated rings. The fraction of sp³-hybridized carbons (Fsp3) is 0.259. The first kappa shape index (κ1) is 23.7. The van der Waals surface area contributed by atoms with E-state index >= 15 is 0 Å². The van der Waals surface area contributed by atoms with E-state index in [1.807, 2.05) is 52.0 Å². The van der Waals surface area contributed by atoms with Crippen LogP contribution in [0.15, 0.2) is 38.4 Å². The smallest absolute Gasteiger partial charge is 0.00277 e. The van der Waals surface area contributed by atoms with Gasteiger partial charge in [-0.3, -0.25) is 0 Å². The number of hydrogen-bond acceptors (Lipinski definition) is 0. The minimum atomic E-state index is -0.366. The van der Waals surface area contributed by atoms with Crippen molar-refractivity contribution in [1.29, 1.82) is 0 Å². The molecule has 3 rings (SSSR count). The Morgan fingerprint density at radius 3 is 1.64 bits per heavy atom. The summed E-state index contributed by atoms with van der Waals surface area (Å²) < 4.78 is 0. The van der Waals surface area contributed by atoms with Crippen molar-refractivity contribution in [1.82, 2.24) is 0 Å². The van der Waals surface area contributed by atoms with Gasteiger partial charge in [0.1, 0.15) is 0 Å². The van der Waals surface area contributed by atoms with Gasteiger partial charge in [-0.25, -0.2) is 0 Å². The first-order valence-electron chi connectivity index (χ1n) is 10.1. The van der Waals surface area contributed by atoms with Crippen LogP contribution in [0.3, 0.4) is 0 Å². The molecule has 0 spiro atoms. The first-order valence-corrected chi connectivity index (χ1v) is 11.9. The van der Waals surface area contributed by atoms with Crippen LogP contribution < -0.4 is 0 Å². The van der Waals surface area contributed by atoms with E-state index in [9.17, 15) is 0 Å². The Balaban J connectivity index is 0.000000921. The number of hydrogen-bond donors (Lipinski definition) is 0. The highest BCUT2D eigenvalue weighted by Gasteiger charge is 2.18. The van der Waals surface area contributed by atoms with E-state index in [-0.39, 0.29) is 7.53 Å². The molecule has 3 aromatic rings. The summed E-state index contributed by atoms with van der Waals surface area (Å²) in [6.07, 6.45) is 7.89. The zero-order chi connectivity index (χ0) is 21.6. The lowest BCUT2D eigenvalue weighted by molar-refractivity contribution is 1.42. The van der Waals surface area contributed by atoms with Crippen LogP contribution in [0.25, 0.3) is 45.6 Å². The summed E-state index contributed by atoms with van der Waals surface area (Å²) in [6.45, 7) is 30.8. The third-order valence-corrected chi connectivity index (χ3v) is 7.38. The van der Waals surface area contributed by atoms with E-state index in [0.717, 1.165) is 0 Å². The fourth-order valence-electron chi connectivity index (χ4n) is 3.95. The van der Waals surface area contributed by atoms with Gasteiger partial charge in [0.15, 0.2) is 0 Å². The second kappa shape index (κ2) is 10.3. The molecule has 2 aromatic carbocycles. The Hall–Kier alpha value is -2.30. The summed E-state index contributed by atoms with van der Waals surface area (Å²) in [5.74, 6) is 0. The van der Waals surface area contributed by atoms with Gasteiger partial charge < -0.3 is 0 Å². The molecule has 0 bridgehead atoms. The highest BCUT2D eigenvalue weighted by atomic mass is 31.1. The summed E-state index contributed by atoms with van der Waals surface area (Å²) in [6, 6.07) is 4.55. The molecule has 1 heterocycles. The quantitative estimate of drug-likeness (QED) is 0.416. The maximum Gasteiger partial charge on any atom is 0.00277 e. The van der Waals surface area contributed by atoms with Gasteiger partial charge in [-0.15, -0.1) is 7.53 Å². The average Bonchev–Trinajstić information content (AvgIpc) is 3.03. The van der Waals surface area contributed by atoms with Crippen molar-refractivity contribution in [3.63, 3.8) is 0 Å². The summed E-state index contributed by atoms with van der Waals surface area (Å²) in [5.41, 5.74) is 6.13. The molecule has 148 valence electrons. The van der Waals surface area contributed by atoms with Crippen molar-refractivity contribution in [2.45, 2.75) is 41.5 Å². The van der Waals surface area contributed by atoms with Gasteiger partial charge in [0, 0.05) is 15.8 Å². The Labute approximate surface area is 173 Å². The third kappa shape index (κ3) is 3.54. The summed E-state index contributed by atoms with van der Waals surface area (Å²) in [4.78, 5) is 0. The van der Waals surface area contributed by atoms with Crippen molar-refractivity contribution >= 4 is 53.1 Å². The molecule has 0 nitrogen and oxygen atoms in total. The molecule has 28 heavy (non-hydrogen) atoms. The molecule has 0 aliphatic rings. The zero-order valence-corrected chi connectivity index (χ0v) is 19.6. The molecule has 1 unspecified atom stereocenters. The van der Waals surface area contributed by atoms with E-state index in [2.05, 4.69) is 59.0 Å². The number of fused-ring (bicyclic) bond motifs is 3. The maximum atomic E-state index is 4.08. The zero-order valence-electron chi connectivity index (χ0n) is 18.7. The largest absolute Gasteiger partial charge is 0.112 e.